The summed E-state index contributed by atoms with van der Waals surface area (Å²) in [4.78, 5) is 25.3. The van der Waals surface area contributed by atoms with Crippen LogP contribution < -0.4 is 5.32 Å². The van der Waals surface area contributed by atoms with Crippen molar-refractivity contribution in [1.29, 1.82) is 0 Å². The van der Waals surface area contributed by atoms with Gasteiger partial charge in [-0.15, -0.1) is 0 Å². The first-order chi connectivity index (χ1) is 20.5. The number of H-pyrrole nitrogens is 2. The van der Waals surface area contributed by atoms with E-state index in [0.29, 0.717) is 22.6 Å². The van der Waals surface area contributed by atoms with E-state index in [1.165, 1.54) is 6.07 Å². The van der Waals surface area contributed by atoms with Gasteiger partial charge < -0.3 is 10.3 Å². The highest BCUT2D eigenvalue weighted by Crippen LogP contribution is 2.35. The van der Waals surface area contributed by atoms with Crippen LogP contribution in [0.1, 0.15) is 11.1 Å². The number of anilines is 1. The number of rotatable bonds is 6. The summed E-state index contributed by atoms with van der Waals surface area (Å²) in [6.07, 6.45) is 3.62. The van der Waals surface area contributed by atoms with E-state index in [4.69, 9.17) is 4.98 Å². The zero-order valence-electron chi connectivity index (χ0n) is 22.6. The molecule has 7 nitrogen and oxygen atoms in total. The van der Waals surface area contributed by atoms with E-state index in [9.17, 15) is 9.18 Å². The Kier molecular flexibility index (Phi) is 6.28. The Balaban J connectivity index is 1.22. The molecule has 8 heteroatoms. The Labute approximate surface area is 240 Å². The number of pyridine rings is 2. The Morgan fingerprint density at radius 2 is 1.76 bits per heavy atom. The van der Waals surface area contributed by atoms with E-state index >= 15 is 0 Å². The smallest absolute Gasteiger partial charge is 0.228 e. The minimum absolute atomic E-state index is 0.118. The molecule has 3 aromatic carbocycles. The second kappa shape index (κ2) is 10.4. The van der Waals surface area contributed by atoms with Crippen LogP contribution in [0.3, 0.4) is 0 Å². The van der Waals surface area contributed by atoms with Gasteiger partial charge in [-0.3, -0.25) is 14.9 Å². The number of halogens is 1. The van der Waals surface area contributed by atoms with Gasteiger partial charge >= 0.3 is 0 Å². The second-order valence-electron chi connectivity index (χ2n) is 10.3. The van der Waals surface area contributed by atoms with Gasteiger partial charge in [0.15, 0.2) is 0 Å². The predicted molar refractivity (Wildman–Crippen MR) is 163 cm³/mol. The molecule has 0 saturated heterocycles. The maximum atomic E-state index is 14.2. The van der Waals surface area contributed by atoms with Crippen LogP contribution in [-0.4, -0.2) is 31.1 Å². The lowest BCUT2D eigenvalue weighted by molar-refractivity contribution is -0.115. The fourth-order valence-electron chi connectivity index (χ4n) is 5.31. The third-order valence-electron chi connectivity index (χ3n) is 7.21. The van der Waals surface area contributed by atoms with E-state index in [-0.39, 0.29) is 18.1 Å². The number of aromatic amines is 2. The molecule has 0 aliphatic rings. The van der Waals surface area contributed by atoms with Gasteiger partial charge in [0.25, 0.3) is 0 Å². The van der Waals surface area contributed by atoms with E-state index < -0.39 is 0 Å². The molecule has 7 aromatic rings. The molecule has 0 aliphatic heterocycles. The number of benzene rings is 3. The molecule has 3 N–H and O–H groups in total. The standard InChI is InChI=1S/C34H25FN6O/c1-20-12-22(15-24(35)13-20)26-8-5-9-29-27(26)17-31(38-29)34-33-30(40-41-34)11-10-28(39-33)23-16-25(19-36-18-23)37-32(42)14-21-6-3-2-4-7-21/h2-13,15-19,38H,14H2,1H3,(H,37,42)(H,40,41). The number of nitrogens with zero attached hydrogens (tertiary/aromatic N) is 3. The first kappa shape index (κ1) is 25.3. The third kappa shape index (κ3) is 4.90. The number of nitrogens with one attached hydrogen (secondary N) is 3. The van der Waals surface area contributed by atoms with E-state index in [1.54, 1.807) is 18.5 Å². The number of fused-ring (bicyclic) bond motifs is 2. The summed E-state index contributed by atoms with van der Waals surface area (Å²) in [5.41, 5.74) is 9.48. The van der Waals surface area contributed by atoms with Crippen molar-refractivity contribution >= 4 is 33.5 Å². The molecule has 1 amide bonds. The summed E-state index contributed by atoms with van der Waals surface area (Å²) in [5.74, 6) is -0.380. The summed E-state index contributed by atoms with van der Waals surface area (Å²) < 4.78 is 14.2. The van der Waals surface area contributed by atoms with Crippen LogP contribution in [0.2, 0.25) is 0 Å². The number of hydrogen-bond acceptors (Lipinski definition) is 4. The van der Waals surface area contributed by atoms with Crippen molar-refractivity contribution in [3.63, 3.8) is 0 Å². The van der Waals surface area contributed by atoms with Gasteiger partial charge in [0, 0.05) is 22.7 Å². The normalized spacial score (nSPS) is 11.3. The largest absolute Gasteiger partial charge is 0.353 e. The molecule has 204 valence electrons. The summed E-state index contributed by atoms with van der Waals surface area (Å²) in [6, 6.07) is 28.3. The molecule has 0 bridgehead atoms. The maximum Gasteiger partial charge on any atom is 0.228 e. The van der Waals surface area contributed by atoms with Crippen molar-refractivity contribution in [2.24, 2.45) is 0 Å². The maximum absolute atomic E-state index is 14.2. The van der Waals surface area contributed by atoms with Crippen LogP contribution in [0, 0.1) is 12.7 Å². The van der Waals surface area contributed by atoms with Crippen LogP contribution in [-0.2, 0) is 11.2 Å². The molecular formula is C34H25FN6O. The number of carbonyl (C=O) groups excluding carboxylic acids is 1. The Morgan fingerprint density at radius 1 is 0.881 bits per heavy atom. The van der Waals surface area contributed by atoms with Gasteiger partial charge in [-0.2, -0.15) is 5.10 Å². The van der Waals surface area contributed by atoms with Crippen molar-refractivity contribution in [1.82, 2.24) is 25.1 Å². The van der Waals surface area contributed by atoms with Crippen molar-refractivity contribution < 1.29 is 9.18 Å². The summed E-state index contributed by atoms with van der Waals surface area (Å²) in [5, 5.41) is 11.5. The molecule has 0 spiro atoms. The molecule has 0 radical (unpaired) electrons. The second-order valence-corrected chi connectivity index (χ2v) is 10.3. The van der Waals surface area contributed by atoms with Gasteiger partial charge in [0.05, 0.1) is 35.2 Å². The van der Waals surface area contributed by atoms with Crippen LogP contribution in [0.5, 0.6) is 0 Å². The molecule has 0 atom stereocenters. The van der Waals surface area contributed by atoms with E-state index in [0.717, 1.165) is 49.9 Å². The van der Waals surface area contributed by atoms with Gasteiger partial charge in [-0.05, 0) is 71.6 Å². The lowest BCUT2D eigenvalue weighted by atomic mass is 10.00. The van der Waals surface area contributed by atoms with Gasteiger partial charge in [0.2, 0.25) is 5.91 Å². The molecule has 7 rings (SSSR count). The monoisotopic (exact) mass is 552 g/mol. The molecule has 0 unspecified atom stereocenters. The van der Waals surface area contributed by atoms with Gasteiger partial charge in [-0.1, -0.05) is 48.5 Å². The average molecular weight is 553 g/mol. The predicted octanol–water partition coefficient (Wildman–Crippen LogP) is 7.46. The highest BCUT2D eigenvalue weighted by atomic mass is 19.1. The van der Waals surface area contributed by atoms with Crippen LogP contribution in [0.15, 0.2) is 103 Å². The van der Waals surface area contributed by atoms with Crippen molar-refractivity contribution in [3.8, 4) is 33.8 Å². The minimum Gasteiger partial charge on any atom is -0.353 e. The van der Waals surface area contributed by atoms with Gasteiger partial charge in [-0.25, -0.2) is 9.37 Å². The molecule has 4 aromatic heterocycles. The first-order valence-electron chi connectivity index (χ1n) is 13.5. The lowest BCUT2D eigenvalue weighted by Crippen LogP contribution is -2.14. The molecule has 4 heterocycles. The number of aryl methyl sites for hydroxylation is 1. The highest BCUT2D eigenvalue weighted by molar-refractivity contribution is 6.00. The van der Waals surface area contributed by atoms with Crippen molar-refractivity contribution in [2.45, 2.75) is 13.3 Å². The Bertz CT molecular complexity index is 2080. The zero-order chi connectivity index (χ0) is 28.6. The highest BCUT2D eigenvalue weighted by Gasteiger charge is 2.16. The zero-order valence-corrected chi connectivity index (χ0v) is 22.6. The van der Waals surface area contributed by atoms with Gasteiger partial charge in [0.1, 0.15) is 17.0 Å². The lowest BCUT2D eigenvalue weighted by Gasteiger charge is -2.07. The molecule has 0 fully saturated rings. The molecular weight excluding hydrogens is 527 g/mol. The van der Waals surface area contributed by atoms with Crippen LogP contribution in [0.25, 0.3) is 55.7 Å². The number of aromatic nitrogens is 5. The first-order valence-corrected chi connectivity index (χ1v) is 13.5. The van der Waals surface area contributed by atoms with Crippen LogP contribution in [0.4, 0.5) is 10.1 Å². The number of amides is 1. The SMILES string of the molecule is Cc1cc(F)cc(-c2cccc3[nH]c(-c4n[nH]c5ccc(-c6cncc(NC(=O)Cc7ccccc7)c6)nc45)cc23)c1. The summed E-state index contributed by atoms with van der Waals surface area (Å²) in [7, 11) is 0. The molecule has 0 saturated carbocycles. The number of hydrogen-bond donors (Lipinski definition) is 3. The topological polar surface area (TPSA) is 99.4 Å². The fourth-order valence-corrected chi connectivity index (χ4v) is 5.31. The summed E-state index contributed by atoms with van der Waals surface area (Å²) in [6.45, 7) is 1.89. The molecule has 0 aliphatic carbocycles. The van der Waals surface area contributed by atoms with Crippen LogP contribution >= 0.6 is 0 Å². The van der Waals surface area contributed by atoms with Crippen molar-refractivity contribution in [2.75, 3.05) is 5.32 Å². The minimum atomic E-state index is -0.262. The summed E-state index contributed by atoms with van der Waals surface area (Å²) >= 11 is 0. The van der Waals surface area contributed by atoms with Crippen molar-refractivity contribution in [3.05, 3.63) is 120 Å². The Hall–Kier alpha value is -5.63. The molecule has 42 heavy (non-hydrogen) atoms. The average Bonchev–Trinajstić information content (AvgIpc) is 3.61. The van der Waals surface area contributed by atoms with E-state index in [1.807, 2.05) is 85.8 Å². The fraction of sp³-hybridized carbons (Fsp3) is 0.0588. The third-order valence-corrected chi connectivity index (χ3v) is 7.21. The number of carbonyl (C=O) groups is 1. The Morgan fingerprint density at radius 3 is 2.62 bits per heavy atom. The van der Waals surface area contributed by atoms with E-state index in [2.05, 4.69) is 25.5 Å². The quantitative estimate of drug-likeness (QED) is 0.199.